The number of aromatic nitrogens is 2. The number of thioether (sulfide) groups is 1. The molecule has 2 aromatic carbocycles. The van der Waals surface area contributed by atoms with Gasteiger partial charge in [0.25, 0.3) is 5.56 Å². The first-order valence-electron chi connectivity index (χ1n) is 7.47. The Kier molecular flexibility index (Phi) is 5.38. The topological polar surface area (TPSA) is 34.9 Å². The van der Waals surface area contributed by atoms with Gasteiger partial charge in [-0.1, -0.05) is 47.6 Å². The molecule has 0 aliphatic rings. The van der Waals surface area contributed by atoms with Crippen LogP contribution in [-0.2, 0) is 11.9 Å². The van der Waals surface area contributed by atoms with Crippen LogP contribution in [0.4, 0.5) is 13.2 Å². The van der Waals surface area contributed by atoms with Crippen LogP contribution in [0.15, 0.2) is 70.7 Å². The fourth-order valence-electron chi connectivity index (χ4n) is 2.31. The second-order valence-corrected chi connectivity index (χ2v) is 6.77. The molecule has 0 aliphatic carbocycles. The molecule has 3 nitrogen and oxygen atoms in total. The van der Waals surface area contributed by atoms with Crippen molar-refractivity contribution in [2.75, 3.05) is 0 Å². The van der Waals surface area contributed by atoms with Gasteiger partial charge in [-0.2, -0.15) is 13.2 Å². The second-order valence-electron chi connectivity index (χ2n) is 5.37. The first-order valence-corrected chi connectivity index (χ1v) is 8.83. The molecule has 0 saturated carbocycles. The molecule has 0 amide bonds. The predicted molar refractivity (Wildman–Crippen MR) is 95.8 cm³/mol. The van der Waals surface area contributed by atoms with E-state index in [0.717, 1.165) is 23.9 Å². The Morgan fingerprint density at radius 1 is 1.12 bits per heavy atom. The molecule has 1 aromatic heterocycles. The molecular weight excluding hydrogens is 385 g/mol. The first-order chi connectivity index (χ1) is 12.3. The number of rotatable bonds is 4. The maximum absolute atomic E-state index is 12.8. The van der Waals surface area contributed by atoms with Crippen molar-refractivity contribution in [1.29, 1.82) is 0 Å². The molecule has 0 fully saturated rings. The van der Waals surface area contributed by atoms with Crippen molar-refractivity contribution in [3.63, 3.8) is 0 Å². The van der Waals surface area contributed by atoms with Crippen LogP contribution in [0.25, 0.3) is 5.69 Å². The minimum atomic E-state index is -4.40. The predicted octanol–water partition coefficient (Wildman–Crippen LogP) is 5.20. The Morgan fingerprint density at radius 2 is 1.88 bits per heavy atom. The van der Waals surface area contributed by atoms with Crippen LogP contribution in [0.2, 0.25) is 5.02 Å². The molecule has 0 saturated heterocycles. The number of alkyl halides is 3. The van der Waals surface area contributed by atoms with Gasteiger partial charge in [0, 0.05) is 23.2 Å². The van der Waals surface area contributed by atoms with Crippen molar-refractivity contribution in [1.82, 2.24) is 9.55 Å². The van der Waals surface area contributed by atoms with Crippen LogP contribution in [0.3, 0.4) is 0 Å². The fraction of sp³-hybridized carbons (Fsp3) is 0.111. The van der Waals surface area contributed by atoms with Crippen molar-refractivity contribution >= 4 is 23.4 Å². The highest BCUT2D eigenvalue weighted by atomic mass is 35.5. The van der Waals surface area contributed by atoms with Crippen molar-refractivity contribution in [3.8, 4) is 5.69 Å². The minimum absolute atomic E-state index is 0.199. The summed E-state index contributed by atoms with van der Waals surface area (Å²) in [6, 6.07) is 11.8. The van der Waals surface area contributed by atoms with Gasteiger partial charge in [-0.05, 0) is 29.8 Å². The normalized spacial score (nSPS) is 11.5. The standard InChI is InChI=1S/C18H12ClF3N2OS/c19-14-5-2-6-15(10-14)24-8-7-23-16(17(24)25)26-11-12-3-1-4-13(9-12)18(20,21)22/h1-10H,11H2. The molecule has 0 spiro atoms. The zero-order valence-electron chi connectivity index (χ0n) is 13.2. The van der Waals surface area contributed by atoms with E-state index in [1.807, 2.05) is 0 Å². The van der Waals surface area contributed by atoms with Gasteiger partial charge < -0.3 is 0 Å². The van der Waals surface area contributed by atoms with E-state index in [-0.39, 0.29) is 16.3 Å². The van der Waals surface area contributed by atoms with E-state index >= 15 is 0 Å². The quantitative estimate of drug-likeness (QED) is 0.569. The third-order valence-corrected chi connectivity index (χ3v) is 4.79. The van der Waals surface area contributed by atoms with Gasteiger partial charge in [0.1, 0.15) is 0 Å². The van der Waals surface area contributed by atoms with E-state index in [9.17, 15) is 18.0 Å². The van der Waals surface area contributed by atoms with Crippen LogP contribution < -0.4 is 5.56 Å². The highest BCUT2D eigenvalue weighted by molar-refractivity contribution is 7.98. The Labute approximate surface area is 156 Å². The molecular formula is C18H12ClF3N2OS. The van der Waals surface area contributed by atoms with Crippen molar-refractivity contribution in [3.05, 3.63) is 87.4 Å². The van der Waals surface area contributed by atoms with Crippen molar-refractivity contribution in [2.45, 2.75) is 17.0 Å². The lowest BCUT2D eigenvalue weighted by atomic mass is 10.1. The summed E-state index contributed by atoms with van der Waals surface area (Å²) in [7, 11) is 0. The molecule has 0 radical (unpaired) electrons. The lowest BCUT2D eigenvalue weighted by Gasteiger charge is -2.09. The summed E-state index contributed by atoms with van der Waals surface area (Å²) in [5.41, 5.74) is -0.0188. The van der Waals surface area contributed by atoms with Crippen molar-refractivity contribution in [2.24, 2.45) is 0 Å². The third-order valence-electron chi connectivity index (χ3n) is 3.53. The summed E-state index contributed by atoms with van der Waals surface area (Å²) >= 11 is 7.04. The molecule has 0 unspecified atom stereocenters. The van der Waals surface area contributed by atoms with E-state index in [1.165, 1.54) is 23.0 Å². The number of benzene rings is 2. The van der Waals surface area contributed by atoms with E-state index < -0.39 is 11.7 Å². The Bertz CT molecular complexity index is 988. The SMILES string of the molecule is O=c1c(SCc2cccc(C(F)(F)F)c2)nccn1-c1cccc(Cl)c1. The Balaban J connectivity index is 1.84. The van der Waals surface area contributed by atoms with Crippen LogP contribution >= 0.6 is 23.4 Å². The molecule has 0 bridgehead atoms. The lowest BCUT2D eigenvalue weighted by molar-refractivity contribution is -0.137. The average Bonchev–Trinajstić information content (AvgIpc) is 2.60. The van der Waals surface area contributed by atoms with Gasteiger partial charge in [0.05, 0.1) is 11.3 Å². The monoisotopic (exact) mass is 396 g/mol. The zero-order valence-corrected chi connectivity index (χ0v) is 14.8. The molecule has 0 atom stereocenters. The van der Waals surface area contributed by atoms with Crippen LogP contribution in [0.5, 0.6) is 0 Å². The molecule has 8 heteroatoms. The zero-order chi connectivity index (χ0) is 18.7. The first kappa shape index (κ1) is 18.5. The number of hydrogen-bond acceptors (Lipinski definition) is 3. The lowest BCUT2D eigenvalue weighted by Crippen LogP contribution is -2.20. The minimum Gasteiger partial charge on any atom is -0.280 e. The van der Waals surface area contributed by atoms with Crippen LogP contribution in [0, 0.1) is 0 Å². The number of halogens is 4. The molecule has 134 valence electrons. The second kappa shape index (κ2) is 7.55. The van der Waals surface area contributed by atoms with E-state index in [2.05, 4.69) is 4.98 Å². The summed E-state index contributed by atoms with van der Waals surface area (Å²) in [4.78, 5) is 16.6. The smallest absolute Gasteiger partial charge is 0.280 e. The molecule has 1 heterocycles. The maximum Gasteiger partial charge on any atom is 0.416 e. The molecule has 3 aromatic rings. The molecule has 3 rings (SSSR count). The summed E-state index contributed by atoms with van der Waals surface area (Å²) in [6.07, 6.45) is -1.41. The number of hydrogen-bond donors (Lipinski definition) is 0. The maximum atomic E-state index is 12.8. The molecule has 0 aliphatic heterocycles. The molecule has 26 heavy (non-hydrogen) atoms. The van der Waals surface area contributed by atoms with Crippen LogP contribution in [0.1, 0.15) is 11.1 Å². The summed E-state index contributed by atoms with van der Waals surface area (Å²) in [5, 5.41) is 0.689. The Morgan fingerprint density at radius 3 is 2.62 bits per heavy atom. The van der Waals surface area contributed by atoms with Gasteiger partial charge in [-0.15, -0.1) is 0 Å². The fourth-order valence-corrected chi connectivity index (χ4v) is 3.34. The van der Waals surface area contributed by atoms with Gasteiger partial charge >= 0.3 is 6.18 Å². The molecule has 0 N–H and O–H groups in total. The summed E-state index contributed by atoms with van der Waals surface area (Å²) in [5.74, 6) is 0.200. The summed E-state index contributed by atoms with van der Waals surface area (Å²) in [6.45, 7) is 0. The van der Waals surface area contributed by atoms with Gasteiger partial charge in [0.2, 0.25) is 0 Å². The number of nitrogens with zero attached hydrogens (tertiary/aromatic N) is 2. The largest absolute Gasteiger partial charge is 0.416 e. The van der Waals surface area contributed by atoms with E-state index in [4.69, 9.17) is 11.6 Å². The third kappa shape index (κ3) is 4.28. The van der Waals surface area contributed by atoms with Gasteiger partial charge in [0.15, 0.2) is 5.03 Å². The average molecular weight is 397 g/mol. The van der Waals surface area contributed by atoms with Gasteiger partial charge in [-0.25, -0.2) is 4.98 Å². The highest BCUT2D eigenvalue weighted by Gasteiger charge is 2.30. The summed E-state index contributed by atoms with van der Waals surface area (Å²) < 4.78 is 39.8. The van der Waals surface area contributed by atoms with Crippen molar-refractivity contribution < 1.29 is 13.2 Å². The van der Waals surface area contributed by atoms with Crippen LogP contribution in [-0.4, -0.2) is 9.55 Å². The van der Waals surface area contributed by atoms with E-state index in [0.29, 0.717) is 16.3 Å². The Hall–Kier alpha value is -2.25. The highest BCUT2D eigenvalue weighted by Crippen LogP contribution is 2.30. The van der Waals surface area contributed by atoms with E-state index in [1.54, 1.807) is 30.3 Å². The van der Waals surface area contributed by atoms with Gasteiger partial charge in [-0.3, -0.25) is 9.36 Å².